The molecular weight excluding hydrogens is 381 g/mol. The van der Waals surface area contributed by atoms with Gasteiger partial charge in [-0.15, -0.1) is 0 Å². The van der Waals surface area contributed by atoms with Gasteiger partial charge in [-0.3, -0.25) is 10.0 Å². The van der Waals surface area contributed by atoms with Crippen molar-refractivity contribution >= 4 is 40.5 Å². The van der Waals surface area contributed by atoms with E-state index in [4.69, 9.17) is 16.8 Å². The number of amides is 1. The lowest BCUT2D eigenvalue weighted by atomic mass is 10.1. The minimum absolute atomic E-state index is 0.184. The van der Waals surface area contributed by atoms with Gasteiger partial charge in [0.1, 0.15) is 0 Å². The average Bonchev–Trinajstić information content (AvgIpc) is 2.36. The number of benzene rings is 1. The van der Waals surface area contributed by atoms with Crippen LogP contribution in [0.3, 0.4) is 0 Å². The highest BCUT2D eigenvalue weighted by molar-refractivity contribution is 6.38. The van der Waals surface area contributed by atoms with Gasteiger partial charge in [0.15, 0.2) is 0 Å². The molecule has 0 aromatic heterocycles. The Morgan fingerprint density at radius 3 is 2.04 bits per heavy atom. The zero-order valence-electron chi connectivity index (χ0n) is 10.5. The summed E-state index contributed by atoms with van der Waals surface area (Å²) in [5.74, 6) is -2.70. The number of halogens is 8. The SMILES string of the molecule is O=C(Nc1ccc(Cl)cc1N([O-])O)C(Cl)(C(F)(F)F)C(F)(F)F. The zero-order chi connectivity index (χ0) is 18.2. The first-order valence-electron chi connectivity index (χ1n) is 5.31. The molecular formula is C10H5Cl2F6N2O3-. The van der Waals surface area contributed by atoms with Crippen LogP contribution in [0.4, 0.5) is 37.7 Å². The lowest BCUT2D eigenvalue weighted by Crippen LogP contribution is -2.60. The maximum absolute atomic E-state index is 12.6. The van der Waals surface area contributed by atoms with Gasteiger partial charge in [-0.25, -0.2) is 0 Å². The molecule has 0 aliphatic heterocycles. The molecule has 1 aromatic rings. The quantitative estimate of drug-likeness (QED) is 0.467. The molecule has 0 heterocycles. The van der Waals surface area contributed by atoms with Crippen LogP contribution in [0.1, 0.15) is 0 Å². The standard InChI is InChI=1S/C10H5Cl2F6N2O3/c11-4-1-2-5(6(3-4)20(22)23)19-7(21)8(12,9(13,14)15)10(16,17)18/h1-3,22H,(H,19,21)/q-1. The minimum atomic E-state index is -6.18. The third-order valence-electron chi connectivity index (χ3n) is 2.51. The van der Waals surface area contributed by atoms with Gasteiger partial charge in [0, 0.05) is 5.02 Å². The fourth-order valence-corrected chi connectivity index (χ4v) is 1.61. The summed E-state index contributed by atoms with van der Waals surface area (Å²) >= 11 is 9.97. The highest BCUT2D eigenvalue weighted by Crippen LogP contribution is 2.49. The first kappa shape index (κ1) is 19.6. The van der Waals surface area contributed by atoms with Crippen molar-refractivity contribution in [1.82, 2.24) is 0 Å². The number of hydrogen-bond donors (Lipinski definition) is 2. The van der Waals surface area contributed by atoms with E-state index in [0.29, 0.717) is 12.1 Å². The second kappa shape index (κ2) is 6.23. The summed E-state index contributed by atoms with van der Waals surface area (Å²) in [6, 6.07) is 2.35. The van der Waals surface area contributed by atoms with Gasteiger partial charge in [0.2, 0.25) is 0 Å². The van der Waals surface area contributed by atoms with Gasteiger partial charge in [-0.2, -0.15) is 26.3 Å². The fourth-order valence-electron chi connectivity index (χ4n) is 1.40. The molecule has 5 nitrogen and oxygen atoms in total. The third kappa shape index (κ3) is 3.74. The lowest BCUT2D eigenvalue weighted by molar-refractivity contribution is -0.258. The molecule has 2 N–H and O–H groups in total. The molecule has 1 aromatic carbocycles. The molecule has 0 atom stereocenters. The van der Waals surface area contributed by atoms with E-state index >= 15 is 0 Å². The van der Waals surface area contributed by atoms with E-state index < -0.39 is 39.7 Å². The van der Waals surface area contributed by atoms with Crippen molar-refractivity contribution in [2.75, 3.05) is 10.5 Å². The Labute approximate surface area is 133 Å². The Kier molecular flexibility index (Phi) is 5.31. The Balaban J connectivity index is 3.31. The van der Waals surface area contributed by atoms with E-state index in [1.54, 1.807) is 0 Å². The summed E-state index contributed by atoms with van der Waals surface area (Å²) in [7, 11) is 0. The molecule has 13 heteroatoms. The molecule has 23 heavy (non-hydrogen) atoms. The number of carbonyl (C=O) groups is 1. The van der Waals surface area contributed by atoms with E-state index in [0.717, 1.165) is 6.07 Å². The van der Waals surface area contributed by atoms with E-state index in [1.807, 2.05) is 0 Å². The van der Waals surface area contributed by atoms with Crippen molar-refractivity contribution in [2.45, 2.75) is 17.2 Å². The summed E-state index contributed by atoms with van der Waals surface area (Å²) < 4.78 is 75.7. The number of alkyl halides is 7. The third-order valence-corrected chi connectivity index (χ3v) is 3.34. The van der Waals surface area contributed by atoms with Crippen molar-refractivity contribution in [2.24, 2.45) is 0 Å². The average molecular weight is 386 g/mol. The normalized spacial score (nSPS) is 13.0. The largest absolute Gasteiger partial charge is 0.733 e. The topological polar surface area (TPSA) is 75.6 Å². The summed E-state index contributed by atoms with van der Waals surface area (Å²) in [6.07, 6.45) is -12.4. The number of carbonyl (C=O) groups excluding carboxylic acids is 1. The van der Waals surface area contributed by atoms with Gasteiger partial charge in [0.05, 0.1) is 11.4 Å². The Morgan fingerprint density at radius 2 is 1.65 bits per heavy atom. The van der Waals surface area contributed by atoms with Crippen LogP contribution in [-0.2, 0) is 4.79 Å². The molecule has 0 aliphatic rings. The predicted octanol–water partition coefficient (Wildman–Crippen LogP) is 4.07. The fraction of sp³-hybridized carbons (Fsp3) is 0.300. The molecule has 1 rings (SSSR count). The Hall–Kier alpha value is -1.43. The van der Waals surface area contributed by atoms with E-state index in [9.17, 15) is 36.3 Å². The van der Waals surface area contributed by atoms with Gasteiger partial charge < -0.3 is 15.8 Å². The second-order valence-electron chi connectivity index (χ2n) is 4.04. The number of hydrogen-bond acceptors (Lipinski definition) is 4. The highest BCUT2D eigenvalue weighted by atomic mass is 35.5. The number of nitrogens with zero attached hydrogens (tertiary/aromatic N) is 1. The second-order valence-corrected chi connectivity index (χ2v) is 5.05. The van der Waals surface area contributed by atoms with E-state index in [1.165, 1.54) is 5.32 Å². The van der Waals surface area contributed by atoms with Crippen LogP contribution in [0.2, 0.25) is 5.02 Å². The van der Waals surface area contributed by atoms with Gasteiger partial charge in [-0.1, -0.05) is 23.2 Å². The molecule has 0 aliphatic carbocycles. The van der Waals surface area contributed by atoms with E-state index in [-0.39, 0.29) is 5.02 Å². The maximum atomic E-state index is 12.6. The van der Waals surface area contributed by atoms with Crippen molar-refractivity contribution in [1.29, 1.82) is 0 Å². The minimum Gasteiger partial charge on any atom is -0.733 e. The molecule has 0 saturated heterocycles. The molecule has 0 bridgehead atoms. The van der Waals surface area contributed by atoms with Gasteiger partial charge >= 0.3 is 17.2 Å². The van der Waals surface area contributed by atoms with Crippen molar-refractivity contribution in [3.05, 3.63) is 28.4 Å². The smallest absolute Gasteiger partial charge is 0.425 e. The van der Waals surface area contributed by atoms with E-state index in [2.05, 4.69) is 11.6 Å². The monoisotopic (exact) mass is 385 g/mol. The summed E-state index contributed by atoms with van der Waals surface area (Å²) in [5.41, 5.74) is -1.76. The molecule has 0 spiro atoms. The van der Waals surface area contributed by atoms with Gasteiger partial charge in [0.25, 0.3) is 5.91 Å². The van der Waals surface area contributed by atoms with Crippen LogP contribution < -0.4 is 10.5 Å². The van der Waals surface area contributed by atoms with Crippen molar-refractivity contribution in [3.8, 4) is 0 Å². The first-order valence-corrected chi connectivity index (χ1v) is 6.07. The Bertz CT molecular complexity index is 591. The van der Waals surface area contributed by atoms with Crippen LogP contribution in [0, 0.1) is 5.21 Å². The Morgan fingerprint density at radius 1 is 1.17 bits per heavy atom. The summed E-state index contributed by atoms with van der Waals surface area (Å²) in [6.45, 7) is 0. The molecule has 1 amide bonds. The van der Waals surface area contributed by atoms with Crippen LogP contribution in [-0.4, -0.2) is 28.3 Å². The van der Waals surface area contributed by atoms with Crippen LogP contribution in [0.5, 0.6) is 0 Å². The van der Waals surface area contributed by atoms with Crippen LogP contribution >= 0.6 is 23.2 Å². The van der Waals surface area contributed by atoms with Crippen LogP contribution in [0.25, 0.3) is 0 Å². The van der Waals surface area contributed by atoms with Crippen molar-refractivity contribution in [3.63, 3.8) is 0 Å². The molecule has 0 saturated carbocycles. The molecule has 0 fully saturated rings. The highest BCUT2D eigenvalue weighted by Gasteiger charge is 2.75. The summed E-state index contributed by atoms with van der Waals surface area (Å²) in [5, 5.41) is 19.7. The predicted molar refractivity (Wildman–Crippen MR) is 68.4 cm³/mol. The zero-order valence-corrected chi connectivity index (χ0v) is 12.0. The molecule has 130 valence electrons. The molecule has 0 unspecified atom stereocenters. The van der Waals surface area contributed by atoms with Crippen molar-refractivity contribution < 1.29 is 36.3 Å². The number of nitrogens with one attached hydrogen (secondary N) is 1. The summed E-state index contributed by atoms with van der Waals surface area (Å²) in [4.78, 5) is 6.22. The maximum Gasteiger partial charge on any atom is 0.425 e. The molecule has 0 radical (unpaired) electrons. The van der Waals surface area contributed by atoms with Gasteiger partial charge in [-0.05, 0) is 18.2 Å². The number of anilines is 2. The lowest BCUT2D eigenvalue weighted by Gasteiger charge is -2.31. The first-order chi connectivity index (χ1) is 10.2. The number of rotatable bonds is 3. The van der Waals surface area contributed by atoms with Crippen LogP contribution in [0.15, 0.2) is 18.2 Å².